The molecule has 1 fully saturated rings. The average molecular weight is 368 g/mol. The number of anilines is 1. The Kier molecular flexibility index (Phi) is 4.52. The van der Waals surface area contributed by atoms with E-state index in [-0.39, 0.29) is 18.0 Å². The third kappa shape index (κ3) is 3.25. The van der Waals surface area contributed by atoms with E-state index < -0.39 is 0 Å². The fraction of sp³-hybridized carbons (Fsp3) is 0.333. The van der Waals surface area contributed by atoms with Crippen molar-refractivity contribution in [1.29, 1.82) is 0 Å². The number of nitrogens with one attached hydrogen (secondary N) is 1. The minimum absolute atomic E-state index is 0.0430. The van der Waals surface area contributed by atoms with Crippen molar-refractivity contribution in [2.75, 3.05) is 18.4 Å². The second-order valence-electron chi connectivity index (χ2n) is 6.45. The van der Waals surface area contributed by atoms with Gasteiger partial charge < -0.3 is 16.0 Å². The Morgan fingerprint density at radius 1 is 1.38 bits per heavy atom. The molecular formula is C18H20N6OS. The number of fused-ring (bicyclic) bond motifs is 1. The summed E-state index contributed by atoms with van der Waals surface area (Å²) in [6.07, 6.45) is 2.58. The predicted octanol–water partition coefficient (Wildman–Crippen LogP) is 2.43. The summed E-state index contributed by atoms with van der Waals surface area (Å²) in [5, 5.41) is 5.19. The van der Waals surface area contributed by atoms with Crippen LogP contribution in [0.4, 0.5) is 5.95 Å². The molecule has 3 aromatic rings. The van der Waals surface area contributed by atoms with Gasteiger partial charge in [0.05, 0.1) is 22.0 Å². The third-order valence-electron chi connectivity index (χ3n) is 4.50. The van der Waals surface area contributed by atoms with Crippen LogP contribution in [0.1, 0.15) is 35.6 Å². The van der Waals surface area contributed by atoms with Crippen LogP contribution >= 0.6 is 11.3 Å². The van der Waals surface area contributed by atoms with Crippen LogP contribution in [0.5, 0.6) is 0 Å². The third-order valence-corrected chi connectivity index (χ3v) is 5.41. The maximum Gasteiger partial charge on any atom is 0.274 e. The number of carbonyl (C=O) groups excluding carboxylic acids is 1. The van der Waals surface area contributed by atoms with Crippen LogP contribution in [0.15, 0.2) is 35.8 Å². The number of thiophene rings is 1. The molecule has 0 aliphatic carbocycles. The lowest BCUT2D eigenvalue weighted by Crippen LogP contribution is -2.32. The van der Waals surface area contributed by atoms with Crippen molar-refractivity contribution < 1.29 is 4.79 Å². The summed E-state index contributed by atoms with van der Waals surface area (Å²) in [5.74, 6) is 0.349. The highest BCUT2D eigenvalue weighted by Gasteiger charge is 2.28. The number of nitrogens with two attached hydrogens (primary N) is 1. The number of carbonyl (C=O) groups is 1. The summed E-state index contributed by atoms with van der Waals surface area (Å²) in [6, 6.07) is 7.64. The first-order valence-corrected chi connectivity index (χ1v) is 9.47. The van der Waals surface area contributed by atoms with Gasteiger partial charge in [-0.1, -0.05) is 6.07 Å². The van der Waals surface area contributed by atoms with Crippen molar-refractivity contribution in [2.45, 2.75) is 25.4 Å². The number of pyridine rings is 1. The monoisotopic (exact) mass is 368 g/mol. The normalized spacial score (nSPS) is 18.2. The highest BCUT2D eigenvalue weighted by Crippen LogP contribution is 2.26. The number of hydrogen-bond acceptors (Lipinski definition) is 7. The van der Waals surface area contributed by atoms with Crippen LogP contribution in [0.3, 0.4) is 0 Å². The van der Waals surface area contributed by atoms with Gasteiger partial charge in [-0.15, -0.1) is 11.3 Å². The van der Waals surface area contributed by atoms with Gasteiger partial charge in [0.2, 0.25) is 5.95 Å². The van der Waals surface area contributed by atoms with E-state index in [0.29, 0.717) is 24.7 Å². The topological polar surface area (TPSA) is 97.0 Å². The zero-order valence-corrected chi connectivity index (χ0v) is 15.2. The molecule has 2 unspecified atom stereocenters. The summed E-state index contributed by atoms with van der Waals surface area (Å²) >= 11 is 1.48. The van der Waals surface area contributed by atoms with Gasteiger partial charge in [0, 0.05) is 25.3 Å². The van der Waals surface area contributed by atoms with Gasteiger partial charge >= 0.3 is 0 Å². The van der Waals surface area contributed by atoms with E-state index in [1.165, 1.54) is 11.3 Å². The van der Waals surface area contributed by atoms with Crippen molar-refractivity contribution in [2.24, 2.45) is 5.73 Å². The Morgan fingerprint density at radius 3 is 3.00 bits per heavy atom. The van der Waals surface area contributed by atoms with Gasteiger partial charge in [-0.05, 0) is 36.9 Å². The molecule has 7 nitrogen and oxygen atoms in total. The Morgan fingerprint density at radius 2 is 2.27 bits per heavy atom. The standard InChI is InChI=1S/C18H20N6OS/c1-11(13-4-2-3-7-20-13)21-18-22-14-6-9-26-16(14)15(23-18)17(25)24-8-5-12(19)10-24/h2-4,6-7,9,11-12H,5,8,10,19H2,1H3,(H,21,22,23). The largest absolute Gasteiger partial charge is 0.346 e. The van der Waals surface area contributed by atoms with Crippen molar-refractivity contribution in [1.82, 2.24) is 19.9 Å². The van der Waals surface area contributed by atoms with Gasteiger partial charge in [0.25, 0.3) is 5.91 Å². The second kappa shape index (κ2) is 6.97. The van der Waals surface area contributed by atoms with E-state index in [4.69, 9.17) is 5.73 Å². The molecule has 0 saturated carbocycles. The second-order valence-corrected chi connectivity index (χ2v) is 7.37. The number of aromatic nitrogens is 3. The van der Waals surface area contributed by atoms with Crippen LogP contribution in [0, 0.1) is 0 Å². The van der Waals surface area contributed by atoms with E-state index >= 15 is 0 Å². The molecule has 0 aromatic carbocycles. The molecule has 1 aliphatic rings. The summed E-state index contributed by atoms with van der Waals surface area (Å²) < 4.78 is 0.812. The number of rotatable bonds is 4. The maximum absolute atomic E-state index is 13.0. The lowest BCUT2D eigenvalue weighted by atomic mass is 10.2. The molecule has 134 valence electrons. The molecule has 4 rings (SSSR count). The van der Waals surface area contributed by atoms with Crippen LogP contribution in [0.2, 0.25) is 0 Å². The van der Waals surface area contributed by atoms with Crippen molar-refractivity contribution in [3.05, 3.63) is 47.2 Å². The van der Waals surface area contributed by atoms with E-state index in [1.54, 1.807) is 11.1 Å². The van der Waals surface area contributed by atoms with Gasteiger partial charge in [-0.3, -0.25) is 9.78 Å². The van der Waals surface area contributed by atoms with Gasteiger partial charge in [0.1, 0.15) is 0 Å². The molecule has 2 atom stereocenters. The Balaban J connectivity index is 1.65. The number of hydrogen-bond donors (Lipinski definition) is 2. The molecule has 0 spiro atoms. The van der Waals surface area contributed by atoms with Crippen LogP contribution < -0.4 is 11.1 Å². The van der Waals surface area contributed by atoms with Crippen molar-refractivity contribution in [3.63, 3.8) is 0 Å². The molecular weight excluding hydrogens is 348 g/mol. The zero-order valence-electron chi connectivity index (χ0n) is 14.4. The number of nitrogens with zero attached hydrogens (tertiary/aromatic N) is 4. The van der Waals surface area contributed by atoms with Crippen molar-refractivity contribution >= 4 is 33.4 Å². The SMILES string of the molecule is CC(Nc1nc(C(=O)N2CCC(N)C2)c2sccc2n1)c1ccccn1. The zero-order chi connectivity index (χ0) is 18.1. The quantitative estimate of drug-likeness (QED) is 0.734. The fourth-order valence-corrected chi connectivity index (χ4v) is 3.91. The Bertz CT molecular complexity index is 928. The summed E-state index contributed by atoms with van der Waals surface area (Å²) in [7, 11) is 0. The molecule has 8 heteroatoms. The molecule has 1 saturated heterocycles. The lowest BCUT2D eigenvalue weighted by molar-refractivity contribution is 0.0787. The van der Waals surface area contributed by atoms with Gasteiger partial charge in [0.15, 0.2) is 5.69 Å². The molecule has 3 aromatic heterocycles. The van der Waals surface area contributed by atoms with E-state index in [2.05, 4.69) is 20.3 Å². The van der Waals surface area contributed by atoms with E-state index in [1.807, 2.05) is 36.6 Å². The summed E-state index contributed by atoms with van der Waals surface area (Å²) in [5.41, 5.74) is 8.05. The first kappa shape index (κ1) is 16.9. The van der Waals surface area contributed by atoms with Crippen LogP contribution in [-0.4, -0.2) is 44.9 Å². The Hall–Kier alpha value is -2.58. The number of amides is 1. The average Bonchev–Trinajstić information content (AvgIpc) is 3.30. The molecule has 0 bridgehead atoms. The lowest BCUT2D eigenvalue weighted by Gasteiger charge is -2.17. The van der Waals surface area contributed by atoms with Gasteiger partial charge in [-0.25, -0.2) is 9.97 Å². The van der Waals surface area contributed by atoms with Crippen LogP contribution in [-0.2, 0) is 0 Å². The molecule has 4 heterocycles. The summed E-state index contributed by atoms with van der Waals surface area (Å²) in [4.78, 5) is 28.2. The van der Waals surface area contributed by atoms with Crippen molar-refractivity contribution in [3.8, 4) is 0 Å². The first-order chi connectivity index (χ1) is 12.6. The maximum atomic E-state index is 13.0. The predicted molar refractivity (Wildman–Crippen MR) is 102 cm³/mol. The molecule has 1 amide bonds. The smallest absolute Gasteiger partial charge is 0.274 e. The highest BCUT2D eigenvalue weighted by molar-refractivity contribution is 7.17. The van der Waals surface area contributed by atoms with E-state index in [9.17, 15) is 4.79 Å². The van der Waals surface area contributed by atoms with Gasteiger partial charge in [-0.2, -0.15) is 0 Å². The Labute approximate surface area is 155 Å². The summed E-state index contributed by atoms with van der Waals surface area (Å²) in [6.45, 7) is 3.23. The minimum atomic E-state index is -0.0821. The molecule has 0 radical (unpaired) electrons. The van der Waals surface area contributed by atoms with Crippen LogP contribution in [0.25, 0.3) is 10.2 Å². The molecule has 3 N–H and O–H groups in total. The molecule has 1 aliphatic heterocycles. The minimum Gasteiger partial charge on any atom is -0.346 e. The highest BCUT2D eigenvalue weighted by atomic mass is 32.1. The molecule has 26 heavy (non-hydrogen) atoms. The first-order valence-electron chi connectivity index (χ1n) is 8.59. The van der Waals surface area contributed by atoms with E-state index in [0.717, 1.165) is 22.3 Å². The number of likely N-dealkylation sites (tertiary alicyclic amines) is 1. The fourth-order valence-electron chi connectivity index (χ4n) is 3.09.